The van der Waals surface area contributed by atoms with E-state index in [9.17, 15) is 4.79 Å². The van der Waals surface area contributed by atoms with E-state index in [-0.39, 0.29) is 5.12 Å². The van der Waals surface area contributed by atoms with Crippen molar-refractivity contribution in [2.24, 2.45) is 0 Å². The van der Waals surface area contributed by atoms with Crippen molar-refractivity contribution in [1.82, 2.24) is 0 Å². The average molecular weight is 310 g/mol. The molecule has 0 N–H and O–H groups in total. The molecule has 0 radical (unpaired) electrons. The largest absolute Gasteiger partial charge is 0.288 e. The Balaban J connectivity index is 2.57. The lowest BCUT2D eigenvalue weighted by molar-refractivity contribution is -0.109. The number of hydrogen-bond acceptors (Lipinski definition) is 2. The number of carbonyl (C=O) groups excluding carboxylic acids is 1. The predicted octanol–water partition coefficient (Wildman–Crippen LogP) is 5.33. The van der Waals surface area contributed by atoms with Gasteiger partial charge in [0.2, 0.25) is 0 Å². The van der Waals surface area contributed by atoms with Crippen LogP contribution in [0.5, 0.6) is 0 Å². The van der Waals surface area contributed by atoms with E-state index in [4.69, 9.17) is 34.8 Å². The van der Waals surface area contributed by atoms with Gasteiger partial charge in [0, 0.05) is 12.7 Å². The van der Waals surface area contributed by atoms with Gasteiger partial charge in [-0.1, -0.05) is 58.7 Å². The Morgan fingerprint density at radius 2 is 1.88 bits per heavy atom. The zero-order valence-electron chi connectivity index (χ0n) is 9.17. The number of thioether (sulfide) groups is 1. The fourth-order valence-corrected chi connectivity index (χ4v) is 2.32. The third-order valence-electron chi connectivity index (χ3n) is 1.91. The Kier molecular flexibility index (Phi) is 6.42. The fourth-order valence-electron chi connectivity index (χ4n) is 1.16. The van der Waals surface area contributed by atoms with Gasteiger partial charge in [0.05, 0.1) is 15.1 Å². The molecular weight excluding hydrogens is 299 g/mol. The van der Waals surface area contributed by atoms with Crippen LogP contribution in [-0.2, 0) is 4.79 Å². The van der Waals surface area contributed by atoms with Gasteiger partial charge >= 0.3 is 0 Å². The van der Waals surface area contributed by atoms with Crippen LogP contribution in [0, 0.1) is 0 Å². The molecule has 0 heterocycles. The van der Waals surface area contributed by atoms with Gasteiger partial charge in [0.1, 0.15) is 0 Å². The molecule has 0 amide bonds. The lowest BCUT2D eigenvalue weighted by Crippen LogP contribution is -1.83. The van der Waals surface area contributed by atoms with Gasteiger partial charge in [0.15, 0.2) is 5.12 Å². The molecule has 0 aliphatic rings. The minimum atomic E-state index is 0.135. The molecule has 0 saturated heterocycles. The van der Waals surface area contributed by atoms with E-state index in [0.29, 0.717) is 15.1 Å². The Hall–Kier alpha value is -0.150. The van der Waals surface area contributed by atoms with Crippen molar-refractivity contribution in [1.29, 1.82) is 0 Å². The normalized spacial score (nSPS) is 11.1. The second-order valence-corrected chi connectivity index (χ2v) is 5.79. The first-order chi connectivity index (χ1) is 8.00. The zero-order valence-corrected chi connectivity index (χ0v) is 12.3. The van der Waals surface area contributed by atoms with Crippen LogP contribution in [0.1, 0.15) is 18.9 Å². The summed E-state index contributed by atoms with van der Waals surface area (Å²) in [5.74, 6) is 0.779. The molecule has 0 aliphatic carbocycles. The first-order valence-electron chi connectivity index (χ1n) is 4.95. The van der Waals surface area contributed by atoms with E-state index in [0.717, 1.165) is 17.7 Å². The van der Waals surface area contributed by atoms with Crippen molar-refractivity contribution in [2.75, 3.05) is 5.75 Å². The highest BCUT2D eigenvalue weighted by molar-refractivity contribution is 8.13. The number of allylic oxidation sites excluding steroid dienone is 1. The summed E-state index contributed by atoms with van der Waals surface area (Å²) in [6, 6.07) is 3.51. The third-order valence-corrected chi connectivity index (χ3v) is 3.95. The van der Waals surface area contributed by atoms with Crippen LogP contribution in [-0.4, -0.2) is 10.9 Å². The summed E-state index contributed by atoms with van der Waals surface area (Å²) in [5.41, 5.74) is 0.900. The standard InChI is InChI=1S/C12H11Cl3OS/c1-8(16)17-5-3-2-4-9-6-10(13)12(15)11(14)7-9/h2,4,6-7H,3,5H2,1H3. The van der Waals surface area contributed by atoms with Crippen LogP contribution < -0.4 is 0 Å². The van der Waals surface area contributed by atoms with Crippen molar-refractivity contribution < 1.29 is 4.79 Å². The maximum atomic E-state index is 10.7. The molecule has 5 heteroatoms. The highest BCUT2D eigenvalue weighted by Crippen LogP contribution is 2.31. The minimum Gasteiger partial charge on any atom is -0.288 e. The van der Waals surface area contributed by atoms with Crippen molar-refractivity contribution in [3.63, 3.8) is 0 Å². The maximum Gasteiger partial charge on any atom is 0.185 e. The Morgan fingerprint density at radius 3 is 2.41 bits per heavy atom. The van der Waals surface area contributed by atoms with Crippen LogP contribution in [0.25, 0.3) is 6.08 Å². The number of hydrogen-bond donors (Lipinski definition) is 0. The summed E-state index contributed by atoms with van der Waals surface area (Å²) in [4.78, 5) is 10.7. The second kappa shape index (κ2) is 7.32. The van der Waals surface area contributed by atoms with Crippen molar-refractivity contribution in [3.05, 3.63) is 38.8 Å². The van der Waals surface area contributed by atoms with Gasteiger partial charge < -0.3 is 0 Å². The third kappa shape index (κ3) is 5.35. The molecule has 1 aromatic rings. The lowest BCUT2D eigenvalue weighted by atomic mass is 10.2. The maximum absolute atomic E-state index is 10.7. The fraction of sp³-hybridized carbons (Fsp3) is 0.250. The molecule has 0 fully saturated rings. The molecule has 17 heavy (non-hydrogen) atoms. The summed E-state index contributed by atoms with van der Waals surface area (Å²) >= 11 is 19.0. The second-order valence-electron chi connectivity index (χ2n) is 3.33. The number of rotatable bonds is 4. The van der Waals surface area contributed by atoms with Gasteiger partial charge in [0.25, 0.3) is 0 Å². The molecule has 0 spiro atoms. The van der Waals surface area contributed by atoms with Crippen LogP contribution in [0.3, 0.4) is 0 Å². The molecule has 1 nitrogen and oxygen atoms in total. The molecule has 0 aliphatic heterocycles. The molecule has 1 rings (SSSR count). The van der Waals surface area contributed by atoms with Gasteiger partial charge in [-0.25, -0.2) is 0 Å². The first kappa shape index (κ1) is 14.9. The van der Waals surface area contributed by atoms with Crippen molar-refractivity contribution in [3.8, 4) is 0 Å². The molecule has 0 aromatic heterocycles. The Morgan fingerprint density at radius 1 is 1.29 bits per heavy atom. The van der Waals surface area contributed by atoms with E-state index in [1.54, 1.807) is 19.1 Å². The van der Waals surface area contributed by atoms with Crippen LogP contribution in [0.15, 0.2) is 18.2 Å². The first-order valence-corrected chi connectivity index (χ1v) is 7.07. The number of benzene rings is 1. The summed E-state index contributed by atoms with van der Waals surface area (Å²) in [6.45, 7) is 1.56. The summed E-state index contributed by atoms with van der Waals surface area (Å²) < 4.78 is 0. The number of halogens is 3. The minimum absolute atomic E-state index is 0.135. The smallest absolute Gasteiger partial charge is 0.185 e. The van der Waals surface area contributed by atoms with E-state index in [2.05, 4.69) is 0 Å². The SMILES string of the molecule is CC(=O)SCCC=Cc1cc(Cl)c(Cl)c(Cl)c1. The quantitative estimate of drug-likeness (QED) is 0.552. The van der Waals surface area contributed by atoms with E-state index in [1.807, 2.05) is 12.2 Å². The molecule has 92 valence electrons. The van der Waals surface area contributed by atoms with Crippen molar-refractivity contribution >= 4 is 57.8 Å². The Bertz CT molecular complexity index is 420. The van der Waals surface area contributed by atoms with Gasteiger partial charge in [-0.05, 0) is 24.1 Å². The monoisotopic (exact) mass is 308 g/mol. The Labute approximate surface area is 120 Å². The molecule has 1 aromatic carbocycles. The van der Waals surface area contributed by atoms with Crippen LogP contribution in [0.2, 0.25) is 15.1 Å². The lowest BCUT2D eigenvalue weighted by Gasteiger charge is -2.01. The van der Waals surface area contributed by atoms with Crippen LogP contribution in [0.4, 0.5) is 0 Å². The highest BCUT2D eigenvalue weighted by atomic mass is 35.5. The van der Waals surface area contributed by atoms with Gasteiger partial charge in [-0.15, -0.1) is 0 Å². The van der Waals surface area contributed by atoms with E-state index in [1.165, 1.54) is 11.8 Å². The number of carbonyl (C=O) groups is 1. The molecule has 0 saturated carbocycles. The van der Waals surface area contributed by atoms with E-state index < -0.39 is 0 Å². The predicted molar refractivity (Wildman–Crippen MR) is 78.3 cm³/mol. The summed E-state index contributed by atoms with van der Waals surface area (Å²) in [5, 5.41) is 1.39. The molecule has 0 unspecified atom stereocenters. The van der Waals surface area contributed by atoms with Gasteiger partial charge in [-0.3, -0.25) is 4.79 Å². The molecule has 0 bridgehead atoms. The average Bonchev–Trinajstić information content (AvgIpc) is 2.25. The highest BCUT2D eigenvalue weighted by Gasteiger charge is 2.03. The van der Waals surface area contributed by atoms with Gasteiger partial charge in [-0.2, -0.15) is 0 Å². The zero-order chi connectivity index (χ0) is 12.8. The molecular formula is C12H11Cl3OS. The molecule has 0 atom stereocenters. The summed E-state index contributed by atoms with van der Waals surface area (Å²) in [6.07, 6.45) is 4.71. The van der Waals surface area contributed by atoms with E-state index >= 15 is 0 Å². The topological polar surface area (TPSA) is 17.1 Å². The summed E-state index contributed by atoms with van der Waals surface area (Å²) in [7, 11) is 0. The van der Waals surface area contributed by atoms with Crippen LogP contribution >= 0.6 is 46.6 Å². The van der Waals surface area contributed by atoms with Crippen molar-refractivity contribution in [2.45, 2.75) is 13.3 Å².